The van der Waals surface area contributed by atoms with Crippen molar-refractivity contribution in [3.63, 3.8) is 0 Å². The Bertz CT molecular complexity index is 149. The number of nitrogens with one attached hydrogen (secondary N) is 1. The summed E-state index contributed by atoms with van der Waals surface area (Å²) in [5, 5.41) is 3.51. The molecule has 0 aliphatic heterocycles. The third-order valence-electron chi connectivity index (χ3n) is 3.55. The van der Waals surface area contributed by atoms with Crippen LogP contribution in [0.4, 0.5) is 0 Å². The minimum Gasteiger partial charge on any atom is -0.317 e. The van der Waals surface area contributed by atoms with E-state index in [1.165, 1.54) is 37.9 Å². The molecular formula is C12H25NS. The maximum absolute atomic E-state index is 3.51. The highest BCUT2D eigenvalue weighted by Gasteiger charge is 2.25. The molecule has 0 aromatic rings. The Labute approximate surface area is 93.4 Å². The number of hydrogen-bond acceptors (Lipinski definition) is 2. The van der Waals surface area contributed by atoms with Gasteiger partial charge in [0.05, 0.1) is 0 Å². The van der Waals surface area contributed by atoms with Crippen LogP contribution in [0.25, 0.3) is 0 Å². The van der Waals surface area contributed by atoms with E-state index in [4.69, 9.17) is 0 Å². The van der Waals surface area contributed by atoms with Crippen molar-refractivity contribution < 1.29 is 0 Å². The van der Waals surface area contributed by atoms with Gasteiger partial charge in [0.1, 0.15) is 0 Å². The van der Waals surface area contributed by atoms with Crippen LogP contribution in [0.15, 0.2) is 0 Å². The lowest BCUT2D eigenvalue weighted by Gasteiger charge is -2.33. The Morgan fingerprint density at radius 2 is 2.21 bits per heavy atom. The predicted molar refractivity (Wildman–Crippen MR) is 67.0 cm³/mol. The highest BCUT2D eigenvalue weighted by molar-refractivity contribution is 7.98. The van der Waals surface area contributed by atoms with E-state index in [0.717, 1.165) is 17.9 Å². The predicted octanol–water partition coefficient (Wildman–Crippen LogP) is 3.15. The van der Waals surface area contributed by atoms with Crippen molar-refractivity contribution in [2.45, 2.75) is 45.1 Å². The number of rotatable bonds is 5. The van der Waals surface area contributed by atoms with Crippen LogP contribution in [0.2, 0.25) is 0 Å². The lowest BCUT2D eigenvalue weighted by Crippen LogP contribution is -2.36. The van der Waals surface area contributed by atoms with Gasteiger partial charge in [0, 0.05) is 6.04 Å². The topological polar surface area (TPSA) is 12.0 Å². The summed E-state index contributed by atoms with van der Waals surface area (Å²) in [6.07, 6.45) is 9.34. The van der Waals surface area contributed by atoms with Crippen LogP contribution in [-0.2, 0) is 0 Å². The molecule has 1 N–H and O–H groups in total. The van der Waals surface area contributed by atoms with Crippen LogP contribution in [0.3, 0.4) is 0 Å². The van der Waals surface area contributed by atoms with E-state index >= 15 is 0 Å². The van der Waals surface area contributed by atoms with Gasteiger partial charge in [-0.15, -0.1) is 0 Å². The van der Waals surface area contributed by atoms with Gasteiger partial charge in [-0.1, -0.05) is 19.8 Å². The molecule has 14 heavy (non-hydrogen) atoms. The molecule has 0 heterocycles. The molecule has 1 rings (SSSR count). The van der Waals surface area contributed by atoms with Crippen molar-refractivity contribution in [2.24, 2.45) is 11.8 Å². The van der Waals surface area contributed by atoms with E-state index in [9.17, 15) is 0 Å². The largest absolute Gasteiger partial charge is 0.317 e. The monoisotopic (exact) mass is 215 g/mol. The Balaban J connectivity index is 2.34. The zero-order valence-electron chi connectivity index (χ0n) is 9.88. The van der Waals surface area contributed by atoms with E-state index in [2.05, 4.69) is 25.5 Å². The van der Waals surface area contributed by atoms with Crippen LogP contribution < -0.4 is 5.32 Å². The Morgan fingerprint density at radius 1 is 1.43 bits per heavy atom. The second kappa shape index (κ2) is 6.73. The molecule has 1 fully saturated rings. The maximum Gasteiger partial charge on any atom is 0.0100 e. The highest BCUT2D eigenvalue weighted by Crippen LogP contribution is 2.31. The van der Waals surface area contributed by atoms with Gasteiger partial charge in [-0.05, 0) is 50.2 Å². The zero-order chi connectivity index (χ0) is 10.4. The Kier molecular flexibility index (Phi) is 5.95. The number of hydrogen-bond donors (Lipinski definition) is 1. The van der Waals surface area contributed by atoms with Crippen LogP contribution in [0.1, 0.15) is 39.0 Å². The molecule has 0 saturated heterocycles. The Hall–Kier alpha value is 0.310. The van der Waals surface area contributed by atoms with E-state index in [1.54, 1.807) is 0 Å². The normalized spacial score (nSPS) is 30.2. The fourth-order valence-corrected chi connectivity index (χ4v) is 3.20. The summed E-state index contributed by atoms with van der Waals surface area (Å²) in [7, 11) is 2.13. The molecule has 0 bridgehead atoms. The van der Waals surface area contributed by atoms with Crippen molar-refractivity contribution in [1.29, 1.82) is 0 Å². The van der Waals surface area contributed by atoms with Crippen molar-refractivity contribution in [3.8, 4) is 0 Å². The Morgan fingerprint density at radius 3 is 2.79 bits per heavy atom. The summed E-state index contributed by atoms with van der Waals surface area (Å²) in [5.74, 6) is 3.20. The third kappa shape index (κ3) is 3.82. The first-order chi connectivity index (χ1) is 6.77. The van der Waals surface area contributed by atoms with E-state index in [-0.39, 0.29) is 0 Å². The van der Waals surface area contributed by atoms with Gasteiger partial charge in [-0.2, -0.15) is 11.8 Å². The second-order valence-corrected chi connectivity index (χ2v) is 5.69. The first-order valence-corrected chi connectivity index (χ1v) is 7.33. The summed E-state index contributed by atoms with van der Waals surface area (Å²) in [5.41, 5.74) is 0. The molecule has 1 aliphatic carbocycles. The summed E-state index contributed by atoms with van der Waals surface area (Å²) < 4.78 is 0. The van der Waals surface area contributed by atoms with Gasteiger partial charge in [-0.25, -0.2) is 0 Å². The van der Waals surface area contributed by atoms with Gasteiger partial charge in [0.15, 0.2) is 0 Å². The van der Waals surface area contributed by atoms with E-state index < -0.39 is 0 Å². The molecule has 3 atom stereocenters. The summed E-state index contributed by atoms with van der Waals surface area (Å²) in [6, 6.07) is 0.769. The SMILES string of the molecule is CNC(CCSC)C1CCCC(C)C1. The molecule has 1 aliphatic rings. The average Bonchev–Trinajstić information content (AvgIpc) is 2.19. The minimum absolute atomic E-state index is 0.769. The number of thioether (sulfide) groups is 1. The summed E-state index contributed by atoms with van der Waals surface area (Å²) in [4.78, 5) is 0. The molecule has 0 spiro atoms. The van der Waals surface area contributed by atoms with Crippen LogP contribution >= 0.6 is 11.8 Å². The standard InChI is InChI=1S/C12H25NS/c1-10-5-4-6-11(9-10)12(13-2)7-8-14-3/h10-13H,4-9H2,1-3H3. The average molecular weight is 215 g/mol. The molecule has 0 amide bonds. The van der Waals surface area contributed by atoms with Crippen molar-refractivity contribution >= 4 is 11.8 Å². The first kappa shape index (κ1) is 12.4. The van der Waals surface area contributed by atoms with E-state index in [0.29, 0.717) is 0 Å². The van der Waals surface area contributed by atoms with Crippen molar-refractivity contribution in [3.05, 3.63) is 0 Å². The van der Waals surface area contributed by atoms with E-state index in [1.807, 2.05) is 11.8 Å². The zero-order valence-corrected chi connectivity index (χ0v) is 10.7. The summed E-state index contributed by atoms with van der Waals surface area (Å²) in [6.45, 7) is 2.41. The molecule has 2 heteroatoms. The molecule has 0 aromatic carbocycles. The van der Waals surface area contributed by atoms with Gasteiger partial charge in [-0.3, -0.25) is 0 Å². The fourth-order valence-electron chi connectivity index (χ4n) is 2.71. The van der Waals surface area contributed by atoms with Crippen molar-refractivity contribution in [1.82, 2.24) is 5.32 Å². The van der Waals surface area contributed by atoms with Gasteiger partial charge >= 0.3 is 0 Å². The fraction of sp³-hybridized carbons (Fsp3) is 1.00. The lowest BCUT2D eigenvalue weighted by atomic mass is 9.78. The molecule has 1 saturated carbocycles. The molecule has 1 nitrogen and oxygen atoms in total. The van der Waals surface area contributed by atoms with Gasteiger partial charge in [0.2, 0.25) is 0 Å². The van der Waals surface area contributed by atoms with Crippen molar-refractivity contribution in [2.75, 3.05) is 19.1 Å². The van der Waals surface area contributed by atoms with Crippen LogP contribution in [0, 0.1) is 11.8 Å². The molecule has 0 radical (unpaired) electrons. The first-order valence-electron chi connectivity index (χ1n) is 5.94. The molecule has 84 valence electrons. The third-order valence-corrected chi connectivity index (χ3v) is 4.19. The highest BCUT2D eigenvalue weighted by atomic mass is 32.2. The maximum atomic E-state index is 3.51. The van der Waals surface area contributed by atoms with Crippen LogP contribution in [0.5, 0.6) is 0 Å². The lowest BCUT2D eigenvalue weighted by molar-refractivity contribution is 0.225. The minimum atomic E-state index is 0.769. The molecule has 0 aromatic heterocycles. The van der Waals surface area contributed by atoms with Gasteiger partial charge < -0.3 is 5.32 Å². The summed E-state index contributed by atoms with van der Waals surface area (Å²) >= 11 is 1.97. The van der Waals surface area contributed by atoms with Gasteiger partial charge in [0.25, 0.3) is 0 Å². The second-order valence-electron chi connectivity index (χ2n) is 4.71. The molecular weight excluding hydrogens is 190 g/mol. The quantitative estimate of drug-likeness (QED) is 0.756. The van der Waals surface area contributed by atoms with Crippen LogP contribution in [-0.4, -0.2) is 25.1 Å². The smallest absolute Gasteiger partial charge is 0.0100 e. The molecule has 3 unspecified atom stereocenters.